The molecule has 2 aromatic rings. The first kappa shape index (κ1) is 9.83. The first-order chi connectivity index (χ1) is 6.85. The molecule has 0 saturated carbocycles. The molecule has 0 bridgehead atoms. The van der Waals surface area contributed by atoms with E-state index in [1.807, 2.05) is 11.4 Å². The number of thiophene rings is 1. The van der Waals surface area contributed by atoms with E-state index < -0.39 is 0 Å². The summed E-state index contributed by atoms with van der Waals surface area (Å²) in [5.41, 5.74) is 0.834. The molecule has 0 fully saturated rings. The van der Waals surface area contributed by atoms with Crippen LogP contribution in [0.1, 0.15) is 17.5 Å². The van der Waals surface area contributed by atoms with Gasteiger partial charge in [-0.3, -0.25) is 0 Å². The van der Waals surface area contributed by atoms with Gasteiger partial charge in [-0.15, -0.1) is 22.7 Å². The second-order valence-corrected chi connectivity index (χ2v) is 4.91. The van der Waals surface area contributed by atoms with Crippen LogP contribution in [0, 0.1) is 0 Å². The van der Waals surface area contributed by atoms with E-state index in [0.717, 1.165) is 17.1 Å². The molecule has 0 aliphatic carbocycles. The van der Waals surface area contributed by atoms with Gasteiger partial charge in [0.15, 0.2) is 0 Å². The first-order valence-electron chi connectivity index (χ1n) is 4.48. The lowest BCUT2D eigenvalue weighted by Gasteiger charge is -1.90. The molecule has 2 heterocycles. The van der Waals surface area contributed by atoms with E-state index in [1.165, 1.54) is 9.75 Å². The summed E-state index contributed by atoms with van der Waals surface area (Å²) in [6.45, 7) is 2.13. The zero-order valence-electron chi connectivity index (χ0n) is 7.86. The lowest BCUT2D eigenvalue weighted by Crippen LogP contribution is -1.87. The average Bonchev–Trinajstić information content (AvgIpc) is 2.85. The fraction of sp³-hybridized carbons (Fsp3) is 0.300. The number of aliphatic hydroxyl groups excluding tert-OH is 1. The standard InChI is InChI=1S/C10H11NOS2/c1-2-8-7(6-12)11-10(14-8)9-4-3-5-13-9/h3-5,12H,2,6H2,1H3. The molecule has 2 nitrogen and oxygen atoms in total. The molecular weight excluding hydrogens is 214 g/mol. The van der Waals surface area contributed by atoms with Crippen molar-refractivity contribution in [3.8, 4) is 9.88 Å². The number of aromatic nitrogens is 1. The first-order valence-corrected chi connectivity index (χ1v) is 6.18. The fourth-order valence-electron chi connectivity index (χ4n) is 1.29. The Bertz CT molecular complexity index is 384. The summed E-state index contributed by atoms with van der Waals surface area (Å²) in [6.07, 6.45) is 0.943. The van der Waals surface area contributed by atoms with Crippen LogP contribution < -0.4 is 0 Å². The largest absolute Gasteiger partial charge is 0.390 e. The minimum atomic E-state index is 0.0467. The Morgan fingerprint density at radius 2 is 2.36 bits per heavy atom. The third kappa shape index (κ3) is 1.73. The van der Waals surface area contributed by atoms with Crippen LogP contribution in [0.4, 0.5) is 0 Å². The van der Waals surface area contributed by atoms with Crippen molar-refractivity contribution in [3.63, 3.8) is 0 Å². The minimum Gasteiger partial charge on any atom is -0.390 e. The van der Waals surface area contributed by atoms with Gasteiger partial charge >= 0.3 is 0 Å². The van der Waals surface area contributed by atoms with Crippen LogP contribution in [0.15, 0.2) is 17.5 Å². The zero-order valence-corrected chi connectivity index (χ0v) is 9.49. The summed E-state index contributed by atoms with van der Waals surface area (Å²) in [6, 6.07) is 4.08. The maximum absolute atomic E-state index is 9.11. The predicted octanol–water partition coefficient (Wildman–Crippen LogP) is 2.93. The van der Waals surface area contributed by atoms with Crippen LogP contribution in [0.5, 0.6) is 0 Å². The summed E-state index contributed by atoms with van der Waals surface area (Å²) < 4.78 is 0. The number of thiazole rings is 1. The summed E-state index contributed by atoms with van der Waals surface area (Å²) >= 11 is 3.37. The van der Waals surface area contributed by atoms with Crippen LogP contribution in [-0.4, -0.2) is 10.1 Å². The fourth-order valence-corrected chi connectivity index (χ4v) is 3.10. The molecule has 0 saturated heterocycles. The van der Waals surface area contributed by atoms with Gasteiger partial charge in [-0.05, 0) is 17.9 Å². The average molecular weight is 225 g/mol. The predicted molar refractivity (Wildman–Crippen MR) is 60.7 cm³/mol. The molecule has 0 aliphatic rings. The molecule has 0 aliphatic heterocycles. The van der Waals surface area contributed by atoms with Gasteiger partial charge in [-0.1, -0.05) is 13.0 Å². The van der Waals surface area contributed by atoms with Gasteiger partial charge in [-0.25, -0.2) is 4.98 Å². The monoisotopic (exact) mass is 225 g/mol. The third-order valence-electron chi connectivity index (χ3n) is 1.98. The molecule has 4 heteroatoms. The van der Waals surface area contributed by atoms with Crippen molar-refractivity contribution in [1.29, 1.82) is 0 Å². The highest BCUT2D eigenvalue weighted by Gasteiger charge is 2.10. The molecular formula is C10H11NOS2. The Hall–Kier alpha value is -0.710. The maximum Gasteiger partial charge on any atom is 0.133 e. The van der Waals surface area contributed by atoms with Crippen LogP contribution in [0.2, 0.25) is 0 Å². The smallest absolute Gasteiger partial charge is 0.133 e. The van der Waals surface area contributed by atoms with E-state index >= 15 is 0 Å². The highest BCUT2D eigenvalue weighted by Crippen LogP contribution is 2.31. The molecule has 0 radical (unpaired) electrons. The number of aliphatic hydroxyl groups is 1. The number of rotatable bonds is 3. The zero-order chi connectivity index (χ0) is 9.97. The highest BCUT2D eigenvalue weighted by atomic mass is 32.1. The van der Waals surface area contributed by atoms with Gasteiger partial charge < -0.3 is 5.11 Å². The van der Waals surface area contributed by atoms with Crippen LogP contribution in [0.3, 0.4) is 0 Å². The van der Waals surface area contributed by atoms with E-state index in [9.17, 15) is 0 Å². The molecule has 14 heavy (non-hydrogen) atoms. The van der Waals surface area contributed by atoms with Gasteiger partial charge in [0.1, 0.15) is 5.01 Å². The van der Waals surface area contributed by atoms with Crippen molar-refractivity contribution < 1.29 is 5.11 Å². The van der Waals surface area contributed by atoms with Crippen molar-refractivity contribution in [1.82, 2.24) is 4.98 Å². The lowest BCUT2D eigenvalue weighted by atomic mass is 10.3. The van der Waals surface area contributed by atoms with E-state index in [-0.39, 0.29) is 6.61 Å². The molecule has 0 atom stereocenters. The molecule has 0 spiro atoms. The molecule has 0 unspecified atom stereocenters. The van der Waals surface area contributed by atoms with Crippen molar-refractivity contribution in [2.75, 3.05) is 0 Å². The molecule has 2 rings (SSSR count). The number of hydrogen-bond acceptors (Lipinski definition) is 4. The third-order valence-corrected chi connectivity index (χ3v) is 4.26. The second-order valence-electron chi connectivity index (χ2n) is 2.88. The molecule has 74 valence electrons. The number of nitrogens with zero attached hydrogens (tertiary/aromatic N) is 1. The highest BCUT2D eigenvalue weighted by molar-refractivity contribution is 7.21. The van der Waals surface area contributed by atoms with Gasteiger partial charge in [0.05, 0.1) is 17.2 Å². The Kier molecular flexibility index (Phi) is 2.96. The van der Waals surface area contributed by atoms with Crippen molar-refractivity contribution in [3.05, 3.63) is 28.1 Å². The quantitative estimate of drug-likeness (QED) is 0.871. The van der Waals surface area contributed by atoms with E-state index in [0.29, 0.717) is 0 Å². The summed E-state index contributed by atoms with van der Waals surface area (Å²) in [5.74, 6) is 0. The summed E-state index contributed by atoms with van der Waals surface area (Å²) in [5, 5.41) is 12.2. The number of hydrogen-bond donors (Lipinski definition) is 1. The summed E-state index contributed by atoms with van der Waals surface area (Å²) in [4.78, 5) is 6.80. The van der Waals surface area contributed by atoms with Crippen LogP contribution in [0.25, 0.3) is 9.88 Å². The van der Waals surface area contributed by atoms with Crippen LogP contribution >= 0.6 is 22.7 Å². The van der Waals surface area contributed by atoms with E-state index in [1.54, 1.807) is 22.7 Å². The van der Waals surface area contributed by atoms with E-state index in [2.05, 4.69) is 18.0 Å². The van der Waals surface area contributed by atoms with Crippen molar-refractivity contribution in [2.45, 2.75) is 20.0 Å². The maximum atomic E-state index is 9.11. The Morgan fingerprint density at radius 3 is 2.86 bits per heavy atom. The number of aryl methyl sites for hydroxylation is 1. The van der Waals surface area contributed by atoms with Crippen molar-refractivity contribution in [2.24, 2.45) is 0 Å². The Labute approximate surface area is 90.9 Å². The van der Waals surface area contributed by atoms with Gasteiger partial charge in [0.2, 0.25) is 0 Å². The normalized spacial score (nSPS) is 10.7. The molecule has 1 N–H and O–H groups in total. The molecule has 0 amide bonds. The second kappa shape index (κ2) is 4.21. The SMILES string of the molecule is CCc1sc(-c2cccs2)nc1CO. The lowest BCUT2D eigenvalue weighted by molar-refractivity contribution is 0.276. The summed E-state index contributed by atoms with van der Waals surface area (Å²) in [7, 11) is 0. The van der Waals surface area contributed by atoms with E-state index in [4.69, 9.17) is 5.11 Å². The minimum absolute atomic E-state index is 0.0467. The molecule has 0 aromatic carbocycles. The Balaban J connectivity index is 2.41. The topological polar surface area (TPSA) is 33.1 Å². The molecule has 2 aromatic heterocycles. The van der Waals surface area contributed by atoms with Gasteiger partial charge in [-0.2, -0.15) is 0 Å². The van der Waals surface area contributed by atoms with Crippen LogP contribution in [-0.2, 0) is 13.0 Å². The Morgan fingerprint density at radius 1 is 1.50 bits per heavy atom. The van der Waals surface area contributed by atoms with Crippen molar-refractivity contribution >= 4 is 22.7 Å². The van der Waals surface area contributed by atoms with Gasteiger partial charge in [0.25, 0.3) is 0 Å². The van der Waals surface area contributed by atoms with Gasteiger partial charge in [0, 0.05) is 4.88 Å².